The highest BCUT2D eigenvalue weighted by Gasteiger charge is 2.25. The molecule has 140 valence electrons. The van der Waals surface area contributed by atoms with E-state index in [0.29, 0.717) is 5.92 Å². The third-order valence-electron chi connectivity index (χ3n) is 4.89. The molecule has 0 radical (unpaired) electrons. The Morgan fingerprint density at radius 1 is 1.36 bits per heavy atom. The van der Waals surface area contributed by atoms with Crippen LogP contribution in [0.25, 0.3) is 0 Å². The van der Waals surface area contributed by atoms with Crippen LogP contribution in [-0.2, 0) is 21.2 Å². The Labute approximate surface area is 152 Å². The van der Waals surface area contributed by atoms with Crippen LogP contribution in [0, 0.1) is 12.8 Å². The normalized spacial score (nSPS) is 18.2. The molecule has 2 rings (SSSR count). The molecule has 1 unspecified atom stereocenters. The van der Waals surface area contributed by atoms with Gasteiger partial charge in [-0.15, -0.1) is 0 Å². The maximum absolute atomic E-state index is 12.6. The van der Waals surface area contributed by atoms with Gasteiger partial charge in [-0.05, 0) is 43.2 Å². The number of anilines is 1. The van der Waals surface area contributed by atoms with Crippen LogP contribution in [-0.4, -0.2) is 45.1 Å². The second kappa shape index (κ2) is 8.21. The molecular weight excluding hydrogens is 336 g/mol. The Bertz CT molecular complexity index is 715. The fraction of sp³-hybridized carbons (Fsp3) is 0.632. The number of aryl methyl sites for hydroxylation is 2. The van der Waals surface area contributed by atoms with E-state index in [-0.39, 0.29) is 18.9 Å². The van der Waals surface area contributed by atoms with Crippen molar-refractivity contribution in [1.82, 2.24) is 4.90 Å². The lowest BCUT2D eigenvalue weighted by atomic mass is 10.00. The zero-order valence-electron chi connectivity index (χ0n) is 15.8. The van der Waals surface area contributed by atoms with E-state index in [1.165, 1.54) is 10.6 Å². The first-order chi connectivity index (χ1) is 11.7. The molecule has 1 aliphatic rings. The maximum atomic E-state index is 12.6. The van der Waals surface area contributed by atoms with Crippen molar-refractivity contribution in [2.75, 3.05) is 30.2 Å². The van der Waals surface area contributed by atoms with Gasteiger partial charge in [0.05, 0.1) is 11.9 Å². The third kappa shape index (κ3) is 4.97. The van der Waals surface area contributed by atoms with E-state index in [0.717, 1.165) is 49.2 Å². The summed E-state index contributed by atoms with van der Waals surface area (Å²) in [4.78, 5) is 14.4. The maximum Gasteiger partial charge on any atom is 0.232 e. The zero-order chi connectivity index (χ0) is 18.6. The van der Waals surface area contributed by atoms with Crippen molar-refractivity contribution >= 4 is 21.6 Å². The minimum absolute atomic E-state index is 0.0480. The van der Waals surface area contributed by atoms with E-state index >= 15 is 0 Å². The van der Waals surface area contributed by atoms with Gasteiger partial charge < -0.3 is 4.90 Å². The number of sulfonamides is 1. The Morgan fingerprint density at radius 2 is 2.08 bits per heavy atom. The Hall–Kier alpha value is -1.56. The highest BCUT2D eigenvalue weighted by Crippen LogP contribution is 2.28. The van der Waals surface area contributed by atoms with E-state index in [9.17, 15) is 13.2 Å². The fourth-order valence-corrected chi connectivity index (χ4v) is 4.59. The predicted octanol–water partition coefficient (Wildman–Crippen LogP) is 2.97. The van der Waals surface area contributed by atoms with Gasteiger partial charge >= 0.3 is 0 Å². The highest BCUT2D eigenvalue weighted by molar-refractivity contribution is 7.92. The molecule has 0 spiro atoms. The first-order valence-corrected chi connectivity index (χ1v) is 10.9. The van der Waals surface area contributed by atoms with Gasteiger partial charge in [0, 0.05) is 26.1 Å². The number of benzene rings is 1. The molecule has 25 heavy (non-hydrogen) atoms. The molecule has 0 saturated carbocycles. The number of carbonyl (C=O) groups is 1. The van der Waals surface area contributed by atoms with Crippen LogP contribution >= 0.6 is 0 Å². The van der Waals surface area contributed by atoms with Crippen LogP contribution in [0.5, 0.6) is 0 Å². The fourth-order valence-electron chi connectivity index (χ4n) is 3.58. The average Bonchev–Trinajstić information content (AvgIpc) is 2.54. The molecule has 1 amide bonds. The predicted molar refractivity (Wildman–Crippen MR) is 102 cm³/mol. The molecule has 1 aliphatic heterocycles. The Morgan fingerprint density at radius 3 is 2.68 bits per heavy atom. The van der Waals surface area contributed by atoms with Crippen molar-refractivity contribution in [3.8, 4) is 0 Å². The molecule has 0 N–H and O–H groups in total. The smallest absolute Gasteiger partial charge is 0.232 e. The summed E-state index contributed by atoms with van der Waals surface area (Å²) in [6.07, 6.45) is 4.37. The van der Waals surface area contributed by atoms with Gasteiger partial charge in [-0.2, -0.15) is 0 Å². The van der Waals surface area contributed by atoms with E-state index in [4.69, 9.17) is 0 Å². The summed E-state index contributed by atoms with van der Waals surface area (Å²) in [6.45, 7) is 7.85. The van der Waals surface area contributed by atoms with Crippen LogP contribution in [0.15, 0.2) is 18.2 Å². The van der Waals surface area contributed by atoms with E-state index in [1.807, 2.05) is 36.9 Å². The lowest BCUT2D eigenvalue weighted by molar-refractivity contribution is -0.132. The van der Waals surface area contributed by atoms with Gasteiger partial charge in [-0.1, -0.05) is 32.0 Å². The van der Waals surface area contributed by atoms with Gasteiger partial charge in [0.1, 0.15) is 0 Å². The topological polar surface area (TPSA) is 57.7 Å². The number of piperidine rings is 1. The molecule has 0 bridgehead atoms. The van der Waals surface area contributed by atoms with Crippen LogP contribution in [0.1, 0.15) is 44.2 Å². The number of para-hydroxylation sites is 1. The lowest BCUT2D eigenvalue weighted by Gasteiger charge is -2.32. The van der Waals surface area contributed by atoms with Crippen LogP contribution in [0.3, 0.4) is 0 Å². The van der Waals surface area contributed by atoms with E-state index in [2.05, 4.69) is 6.92 Å². The molecule has 0 aliphatic carbocycles. The summed E-state index contributed by atoms with van der Waals surface area (Å²) in [5.74, 6) is 0.568. The summed E-state index contributed by atoms with van der Waals surface area (Å²) in [6, 6.07) is 5.81. The number of nitrogens with zero attached hydrogens (tertiary/aromatic N) is 2. The highest BCUT2D eigenvalue weighted by atomic mass is 32.2. The number of hydrogen-bond donors (Lipinski definition) is 0. The molecule has 1 aromatic rings. The third-order valence-corrected chi connectivity index (χ3v) is 6.06. The quantitative estimate of drug-likeness (QED) is 0.778. The van der Waals surface area contributed by atoms with Crippen molar-refractivity contribution < 1.29 is 13.2 Å². The second-order valence-electron chi connectivity index (χ2n) is 7.11. The molecule has 1 saturated heterocycles. The van der Waals surface area contributed by atoms with E-state index in [1.54, 1.807) is 0 Å². The number of hydrogen-bond acceptors (Lipinski definition) is 3. The number of likely N-dealkylation sites (tertiary alicyclic amines) is 1. The van der Waals surface area contributed by atoms with E-state index < -0.39 is 10.0 Å². The molecule has 6 heteroatoms. The Balaban J connectivity index is 2.19. The van der Waals surface area contributed by atoms with Gasteiger partial charge in [0.2, 0.25) is 15.9 Å². The first kappa shape index (κ1) is 19.8. The van der Waals surface area contributed by atoms with Crippen molar-refractivity contribution in [1.29, 1.82) is 0 Å². The standard InChI is InChI=1S/C19H30N2O3S/c1-5-17-10-6-9-16(3)19(17)21(25(4,23)24)13-11-18(22)20-12-7-8-15(2)14-20/h6,9-10,15H,5,7-8,11-14H2,1-4H3. The molecule has 1 fully saturated rings. The summed E-state index contributed by atoms with van der Waals surface area (Å²) in [5.41, 5.74) is 2.64. The van der Waals surface area contributed by atoms with Crippen molar-refractivity contribution in [3.63, 3.8) is 0 Å². The molecule has 1 heterocycles. The van der Waals surface area contributed by atoms with Crippen molar-refractivity contribution in [2.24, 2.45) is 5.92 Å². The molecule has 5 nitrogen and oxygen atoms in total. The number of rotatable bonds is 6. The minimum atomic E-state index is -3.45. The van der Waals surface area contributed by atoms with Crippen LogP contribution < -0.4 is 4.31 Å². The lowest BCUT2D eigenvalue weighted by Crippen LogP contribution is -2.41. The minimum Gasteiger partial charge on any atom is -0.342 e. The largest absolute Gasteiger partial charge is 0.342 e. The first-order valence-electron chi connectivity index (χ1n) is 9.08. The SMILES string of the molecule is CCc1cccc(C)c1N(CCC(=O)N1CCCC(C)C1)S(C)(=O)=O. The van der Waals surface area contributed by atoms with Crippen LogP contribution in [0.2, 0.25) is 0 Å². The Kier molecular flexibility index (Phi) is 6.49. The van der Waals surface area contributed by atoms with Gasteiger partial charge in [-0.3, -0.25) is 9.10 Å². The van der Waals surface area contributed by atoms with Gasteiger partial charge in [0.25, 0.3) is 0 Å². The average molecular weight is 367 g/mol. The summed E-state index contributed by atoms with van der Waals surface area (Å²) >= 11 is 0. The van der Waals surface area contributed by atoms with Crippen molar-refractivity contribution in [2.45, 2.75) is 46.5 Å². The zero-order valence-corrected chi connectivity index (χ0v) is 16.6. The van der Waals surface area contributed by atoms with Gasteiger partial charge in [0.15, 0.2) is 0 Å². The monoisotopic (exact) mass is 366 g/mol. The van der Waals surface area contributed by atoms with Crippen molar-refractivity contribution in [3.05, 3.63) is 29.3 Å². The van der Waals surface area contributed by atoms with Crippen LogP contribution in [0.4, 0.5) is 5.69 Å². The molecule has 1 aromatic carbocycles. The van der Waals surface area contributed by atoms with Gasteiger partial charge in [-0.25, -0.2) is 8.42 Å². The second-order valence-corrected chi connectivity index (χ2v) is 9.02. The summed E-state index contributed by atoms with van der Waals surface area (Å²) in [7, 11) is -3.45. The summed E-state index contributed by atoms with van der Waals surface area (Å²) < 4.78 is 26.2. The number of amides is 1. The molecular formula is C19H30N2O3S. The molecule has 0 aromatic heterocycles. The summed E-state index contributed by atoms with van der Waals surface area (Å²) in [5, 5.41) is 0. The number of carbonyl (C=O) groups excluding carboxylic acids is 1. The molecule has 1 atom stereocenters.